The van der Waals surface area contributed by atoms with E-state index in [9.17, 15) is 19.1 Å². The van der Waals surface area contributed by atoms with Gasteiger partial charge in [0.15, 0.2) is 11.6 Å². The lowest BCUT2D eigenvalue weighted by Crippen LogP contribution is -2.50. The second-order valence-corrected chi connectivity index (χ2v) is 11.7. The highest BCUT2D eigenvalue weighted by Gasteiger charge is 2.45. The third-order valence-electron chi connectivity index (χ3n) is 7.69. The van der Waals surface area contributed by atoms with Crippen LogP contribution in [0.15, 0.2) is 71.2 Å². The normalized spacial score (nSPS) is 19.8. The van der Waals surface area contributed by atoms with Crippen molar-refractivity contribution in [3.05, 3.63) is 99.3 Å². The standard InChI is InChI=1S/C32H36BrFN2O3/c1-21-26(13-8-14-29(21)34)30-27(31(38)22-9-6-11-24(33)17-22)19-36(16-5-4-15-35(2)3)20-28(30)32(39)23-10-7-12-25(37)18-23/h6-14,17-18,27-28,30,37H,4-5,15-16,19-20H2,1-3H3/t27-,28+,30+/m1/s1. The Morgan fingerprint density at radius 3 is 2.18 bits per heavy atom. The number of phenols is 1. The monoisotopic (exact) mass is 594 g/mol. The van der Waals surface area contributed by atoms with Gasteiger partial charge in [-0.2, -0.15) is 0 Å². The molecule has 7 heteroatoms. The van der Waals surface area contributed by atoms with Crippen molar-refractivity contribution in [2.24, 2.45) is 11.8 Å². The van der Waals surface area contributed by atoms with E-state index in [0.717, 1.165) is 30.4 Å². The number of hydrogen-bond acceptors (Lipinski definition) is 5. The fraction of sp³-hybridized carbons (Fsp3) is 0.375. The molecule has 0 spiro atoms. The van der Waals surface area contributed by atoms with Crippen molar-refractivity contribution in [2.75, 3.05) is 40.3 Å². The molecule has 3 aromatic rings. The zero-order valence-corrected chi connectivity index (χ0v) is 24.3. The Hall–Kier alpha value is -2.87. The smallest absolute Gasteiger partial charge is 0.167 e. The molecule has 5 nitrogen and oxygen atoms in total. The number of piperidine rings is 1. The predicted molar refractivity (Wildman–Crippen MR) is 156 cm³/mol. The number of carbonyl (C=O) groups is 2. The van der Waals surface area contributed by atoms with E-state index >= 15 is 0 Å². The highest BCUT2D eigenvalue weighted by atomic mass is 79.9. The van der Waals surface area contributed by atoms with Crippen LogP contribution < -0.4 is 0 Å². The van der Waals surface area contributed by atoms with E-state index in [1.807, 2.05) is 32.3 Å². The van der Waals surface area contributed by atoms with Crippen molar-refractivity contribution in [3.8, 4) is 5.75 Å². The molecule has 0 radical (unpaired) electrons. The molecular formula is C32H36BrFN2O3. The van der Waals surface area contributed by atoms with Crippen LogP contribution in [0.2, 0.25) is 0 Å². The number of nitrogens with zero attached hydrogens (tertiary/aromatic N) is 2. The average Bonchev–Trinajstić information content (AvgIpc) is 2.91. The minimum atomic E-state index is -0.587. The molecule has 3 atom stereocenters. The molecule has 39 heavy (non-hydrogen) atoms. The average molecular weight is 596 g/mol. The molecule has 0 amide bonds. The highest BCUT2D eigenvalue weighted by molar-refractivity contribution is 9.10. The number of hydrogen-bond donors (Lipinski definition) is 1. The van der Waals surface area contributed by atoms with Crippen molar-refractivity contribution in [1.82, 2.24) is 9.80 Å². The van der Waals surface area contributed by atoms with E-state index in [1.165, 1.54) is 18.2 Å². The Morgan fingerprint density at radius 2 is 1.56 bits per heavy atom. The summed E-state index contributed by atoms with van der Waals surface area (Å²) in [5, 5.41) is 10.1. The third-order valence-corrected chi connectivity index (χ3v) is 8.18. The zero-order chi connectivity index (χ0) is 28.1. The molecule has 206 valence electrons. The second-order valence-electron chi connectivity index (χ2n) is 10.8. The molecule has 1 fully saturated rings. The van der Waals surface area contributed by atoms with Crippen molar-refractivity contribution < 1.29 is 19.1 Å². The fourth-order valence-corrected chi connectivity index (χ4v) is 6.12. The third kappa shape index (κ3) is 7.02. The molecule has 0 aromatic heterocycles. The van der Waals surface area contributed by atoms with Crippen LogP contribution >= 0.6 is 15.9 Å². The van der Waals surface area contributed by atoms with Gasteiger partial charge in [-0.05, 0) is 88.4 Å². The van der Waals surface area contributed by atoms with E-state index < -0.39 is 17.8 Å². The molecule has 0 aliphatic carbocycles. The maximum absolute atomic E-state index is 14.9. The topological polar surface area (TPSA) is 60.9 Å². The molecule has 1 heterocycles. The molecular weight excluding hydrogens is 559 g/mol. The number of phenolic OH excluding ortho intramolecular Hbond substituents is 1. The van der Waals surface area contributed by atoms with Gasteiger partial charge in [0.2, 0.25) is 0 Å². The van der Waals surface area contributed by atoms with Gasteiger partial charge in [-0.25, -0.2) is 4.39 Å². The van der Waals surface area contributed by atoms with Crippen LogP contribution in [0.25, 0.3) is 0 Å². The van der Waals surface area contributed by atoms with Gasteiger partial charge in [0, 0.05) is 46.4 Å². The van der Waals surface area contributed by atoms with Crippen LogP contribution in [-0.4, -0.2) is 66.7 Å². The lowest BCUT2D eigenvalue weighted by molar-refractivity contribution is 0.0567. The van der Waals surface area contributed by atoms with Gasteiger partial charge in [-0.1, -0.05) is 52.3 Å². The van der Waals surface area contributed by atoms with Crippen LogP contribution in [0.3, 0.4) is 0 Å². The number of unbranched alkanes of at least 4 members (excludes halogenated alkanes) is 1. The van der Waals surface area contributed by atoms with Crippen molar-refractivity contribution in [2.45, 2.75) is 25.7 Å². The van der Waals surface area contributed by atoms with Crippen LogP contribution in [-0.2, 0) is 0 Å². The van der Waals surface area contributed by atoms with Crippen molar-refractivity contribution in [3.63, 3.8) is 0 Å². The number of ketones is 2. The number of rotatable bonds is 10. The largest absolute Gasteiger partial charge is 0.508 e. The van der Waals surface area contributed by atoms with Crippen LogP contribution in [0.5, 0.6) is 5.75 Å². The van der Waals surface area contributed by atoms with Crippen LogP contribution in [0.1, 0.15) is 50.6 Å². The summed E-state index contributed by atoms with van der Waals surface area (Å²) in [6.45, 7) is 4.38. The molecule has 1 aliphatic rings. The lowest BCUT2D eigenvalue weighted by Gasteiger charge is -2.43. The van der Waals surface area contributed by atoms with Crippen LogP contribution in [0.4, 0.5) is 4.39 Å². The summed E-state index contributed by atoms with van der Waals surface area (Å²) in [5.74, 6) is -2.20. The van der Waals surface area contributed by atoms with Gasteiger partial charge in [-0.3, -0.25) is 9.59 Å². The molecule has 0 bridgehead atoms. The number of likely N-dealkylation sites (tertiary alicyclic amines) is 1. The SMILES string of the molecule is Cc1c(F)cccc1[C@@H]1[C@@H](C(=O)c2cccc(O)c2)CN(CCCCN(C)C)C[C@H]1C(=O)c1cccc(Br)c1. The number of Topliss-reactive ketones (excluding diaryl/α,β-unsaturated/α-hetero) is 2. The first kappa shape index (κ1) is 29.1. The quantitative estimate of drug-likeness (QED) is 0.219. The summed E-state index contributed by atoms with van der Waals surface area (Å²) in [4.78, 5) is 32.6. The Morgan fingerprint density at radius 1 is 0.949 bits per heavy atom. The first-order valence-corrected chi connectivity index (χ1v) is 14.2. The number of carbonyl (C=O) groups excluding carboxylic acids is 2. The van der Waals surface area contributed by atoms with Crippen molar-refractivity contribution in [1.29, 1.82) is 0 Å². The molecule has 4 rings (SSSR count). The zero-order valence-electron chi connectivity index (χ0n) is 22.7. The number of benzene rings is 3. The number of aromatic hydroxyl groups is 1. The van der Waals surface area contributed by atoms with E-state index in [1.54, 1.807) is 37.3 Å². The fourth-order valence-electron chi connectivity index (χ4n) is 5.72. The van der Waals surface area contributed by atoms with Gasteiger partial charge in [0.05, 0.1) is 0 Å². The molecule has 1 aliphatic heterocycles. The summed E-state index contributed by atoms with van der Waals surface area (Å²) in [6, 6.07) is 18.6. The minimum absolute atomic E-state index is 0.0115. The van der Waals surface area contributed by atoms with Crippen LogP contribution in [0, 0.1) is 24.6 Å². The van der Waals surface area contributed by atoms with E-state index in [-0.39, 0.29) is 23.1 Å². The summed E-state index contributed by atoms with van der Waals surface area (Å²) in [7, 11) is 4.09. The summed E-state index contributed by atoms with van der Waals surface area (Å²) in [5.41, 5.74) is 2.10. The molecule has 1 N–H and O–H groups in total. The van der Waals surface area contributed by atoms with Crippen molar-refractivity contribution >= 4 is 27.5 Å². The van der Waals surface area contributed by atoms with E-state index in [0.29, 0.717) is 35.3 Å². The predicted octanol–water partition coefficient (Wildman–Crippen LogP) is 6.34. The number of halogens is 2. The van der Waals surface area contributed by atoms with Gasteiger partial charge in [0.25, 0.3) is 0 Å². The Labute approximate surface area is 238 Å². The highest BCUT2D eigenvalue weighted by Crippen LogP contribution is 2.42. The van der Waals surface area contributed by atoms with Gasteiger partial charge in [-0.15, -0.1) is 0 Å². The first-order chi connectivity index (χ1) is 18.7. The lowest BCUT2D eigenvalue weighted by atomic mass is 9.67. The van der Waals surface area contributed by atoms with Gasteiger partial charge >= 0.3 is 0 Å². The Balaban J connectivity index is 1.79. The summed E-state index contributed by atoms with van der Waals surface area (Å²) < 4.78 is 15.7. The maximum Gasteiger partial charge on any atom is 0.167 e. The van der Waals surface area contributed by atoms with E-state index in [4.69, 9.17) is 0 Å². The second kappa shape index (κ2) is 13.0. The maximum atomic E-state index is 14.9. The van der Waals surface area contributed by atoms with E-state index in [2.05, 4.69) is 25.7 Å². The molecule has 1 saturated heterocycles. The Bertz CT molecular complexity index is 1260. The van der Waals surface area contributed by atoms with Gasteiger partial charge < -0.3 is 14.9 Å². The summed E-state index contributed by atoms with van der Waals surface area (Å²) in [6.07, 6.45) is 1.94. The van der Waals surface area contributed by atoms with Gasteiger partial charge in [0.1, 0.15) is 11.6 Å². The first-order valence-electron chi connectivity index (χ1n) is 13.4. The summed E-state index contributed by atoms with van der Waals surface area (Å²) >= 11 is 3.48. The molecule has 0 saturated carbocycles. The molecule has 0 unspecified atom stereocenters. The Kier molecular flexibility index (Phi) is 9.70. The molecule has 3 aromatic carbocycles. The minimum Gasteiger partial charge on any atom is -0.508 e.